The van der Waals surface area contributed by atoms with E-state index in [0.717, 1.165) is 22.4 Å². The first-order valence-electron chi connectivity index (χ1n) is 7.18. The van der Waals surface area contributed by atoms with Crippen LogP contribution in [0.4, 0.5) is 5.95 Å². The molecule has 0 saturated heterocycles. The van der Waals surface area contributed by atoms with Crippen molar-refractivity contribution in [1.82, 2.24) is 9.55 Å². The molecule has 0 amide bonds. The number of ether oxygens (including phenoxy) is 1. The van der Waals surface area contributed by atoms with Gasteiger partial charge >= 0.3 is 0 Å². The second-order valence-corrected chi connectivity index (χ2v) is 5.14. The Labute approximate surface area is 134 Å². The van der Waals surface area contributed by atoms with Crippen molar-refractivity contribution in [2.75, 3.05) is 12.8 Å². The van der Waals surface area contributed by atoms with Gasteiger partial charge in [0.2, 0.25) is 5.95 Å². The summed E-state index contributed by atoms with van der Waals surface area (Å²) >= 11 is 0. The van der Waals surface area contributed by atoms with Gasteiger partial charge in [-0.15, -0.1) is 0 Å². The quantitative estimate of drug-likeness (QED) is 0.807. The number of rotatable bonds is 3. The lowest BCUT2D eigenvalue weighted by molar-refractivity contribution is 0.416. The molecule has 0 saturated carbocycles. The Kier molecular flexibility index (Phi) is 3.85. The normalized spacial score (nSPS) is 10.5. The molecule has 0 aliphatic rings. The van der Waals surface area contributed by atoms with Crippen molar-refractivity contribution >= 4 is 5.95 Å². The van der Waals surface area contributed by atoms with Crippen LogP contribution in [0, 0.1) is 0 Å². The lowest BCUT2D eigenvalue weighted by atomic mass is 9.97. The summed E-state index contributed by atoms with van der Waals surface area (Å²) in [4.78, 5) is 16.4. The molecule has 0 radical (unpaired) electrons. The molecule has 2 N–H and O–H groups in total. The third-order valence-corrected chi connectivity index (χ3v) is 3.77. The maximum Gasteiger partial charge on any atom is 0.255 e. The first-order valence-corrected chi connectivity index (χ1v) is 7.18. The van der Waals surface area contributed by atoms with Gasteiger partial charge in [0, 0.05) is 24.2 Å². The number of nitrogens with two attached hydrogens (primary N) is 1. The zero-order valence-corrected chi connectivity index (χ0v) is 13.0. The van der Waals surface area contributed by atoms with Gasteiger partial charge in [-0.2, -0.15) is 0 Å². The number of benzene rings is 2. The number of anilines is 1. The van der Waals surface area contributed by atoms with Crippen LogP contribution in [0.1, 0.15) is 0 Å². The topological polar surface area (TPSA) is 70.1 Å². The van der Waals surface area contributed by atoms with Crippen molar-refractivity contribution in [3.05, 3.63) is 65.0 Å². The first kappa shape index (κ1) is 14.8. The molecule has 3 rings (SSSR count). The van der Waals surface area contributed by atoms with E-state index in [4.69, 9.17) is 10.5 Å². The minimum Gasteiger partial charge on any atom is -0.496 e. The molecule has 2 aromatic carbocycles. The summed E-state index contributed by atoms with van der Waals surface area (Å²) in [7, 11) is 3.23. The van der Waals surface area contributed by atoms with E-state index in [1.807, 2.05) is 48.5 Å². The van der Waals surface area contributed by atoms with Crippen LogP contribution >= 0.6 is 0 Å². The Morgan fingerprint density at radius 1 is 1.00 bits per heavy atom. The van der Waals surface area contributed by atoms with Gasteiger partial charge in [-0.05, 0) is 11.6 Å². The predicted octanol–water partition coefficient (Wildman–Crippen LogP) is 2.71. The van der Waals surface area contributed by atoms with Crippen molar-refractivity contribution in [2.24, 2.45) is 7.05 Å². The predicted molar refractivity (Wildman–Crippen MR) is 91.3 cm³/mol. The molecular weight excluding hydrogens is 290 g/mol. The molecule has 0 spiro atoms. The summed E-state index contributed by atoms with van der Waals surface area (Å²) in [6.07, 6.45) is 0. The summed E-state index contributed by atoms with van der Waals surface area (Å²) in [5, 5.41) is 0. The Morgan fingerprint density at radius 2 is 1.61 bits per heavy atom. The molecule has 0 fully saturated rings. The van der Waals surface area contributed by atoms with Gasteiger partial charge in [-0.3, -0.25) is 9.36 Å². The lowest BCUT2D eigenvalue weighted by Crippen LogP contribution is -2.20. The van der Waals surface area contributed by atoms with Crippen LogP contribution in [-0.2, 0) is 7.05 Å². The molecule has 0 bridgehead atoms. The summed E-state index contributed by atoms with van der Waals surface area (Å²) in [5.41, 5.74) is 8.89. The third kappa shape index (κ3) is 2.68. The first-order chi connectivity index (χ1) is 11.1. The highest BCUT2D eigenvalue weighted by atomic mass is 16.5. The largest absolute Gasteiger partial charge is 0.496 e. The fourth-order valence-electron chi connectivity index (χ4n) is 2.50. The average Bonchev–Trinajstić information content (AvgIpc) is 2.59. The van der Waals surface area contributed by atoms with E-state index >= 15 is 0 Å². The second kappa shape index (κ2) is 5.96. The molecule has 116 valence electrons. The van der Waals surface area contributed by atoms with Gasteiger partial charge in [0.05, 0.1) is 12.8 Å². The molecule has 0 aliphatic heterocycles. The Bertz CT molecular complexity index is 916. The number of methoxy groups -OCH3 is 1. The molecule has 1 aromatic heterocycles. The average molecular weight is 307 g/mol. The van der Waals surface area contributed by atoms with E-state index in [2.05, 4.69) is 4.98 Å². The molecule has 5 nitrogen and oxygen atoms in total. The third-order valence-electron chi connectivity index (χ3n) is 3.77. The van der Waals surface area contributed by atoms with Gasteiger partial charge in [-0.25, -0.2) is 4.98 Å². The Morgan fingerprint density at radius 3 is 2.26 bits per heavy atom. The minimum absolute atomic E-state index is 0.183. The highest BCUT2D eigenvalue weighted by Gasteiger charge is 2.13. The number of hydrogen-bond acceptors (Lipinski definition) is 4. The number of hydrogen-bond donors (Lipinski definition) is 1. The summed E-state index contributed by atoms with van der Waals surface area (Å²) in [5.74, 6) is 0.944. The van der Waals surface area contributed by atoms with Gasteiger partial charge in [-0.1, -0.05) is 42.5 Å². The van der Waals surface area contributed by atoms with Crippen molar-refractivity contribution in [3.8, 4) is 28.1 Å². The summed E-state index contributed by atoms with van der Waals surface area (Å²) in [6, 6.07) is 17.0. The van der Waals surface area contributed by atoms with Crippen LogP contribution in [-0.4, -0.2) is 16.7 Å². The van der Waals surface area contributed by atoms with Gasteiger partial charge in [0.15, 0.2) is 0 Å². The van der Waals surface area contributed by atoms with E-state index in [1.165, 1.54) is 10.6 Å². The fraction of sp³-hybridized carbons (Fsp3) is 0.111. The van der Waals surface area contributed by atoms with Crippen LogP contribution in [0.5, 0.6) is 5.75 Å². The zero-order chi connectivity index (χ0) is 16.4. The van der Waals surface area contributed by atoms with Crippen molar-refractivity contribution < 1.29 is 4.74 Å². The highest BCUT2D eigenvalue weighted by molar-refractivity contribution is 5.84. The van der Waals surface area contributed by atoms with Crippen molar-refractivity contribution in [3.63, 3.8) is 0 Å². The molecular formula is C18H17N3O2. The molecule has 0 aliphatic carbocycles. The van der Waals surface area contributed by atoms with Gasteiger partial charge < -0.3 is 10.5 Å². The molecule has 5 heteroatoms. The number of aromatic nitrogens is 2. The fourth-order valence-corrected chi connectivity index (χ4v) is 2.50. The zero-order valence-electron chi connectivity index (χ0n) is 13.0. The van der Waals surface area contributed by atoms with E-state index in [0.29, 0.717) is 5.69 Å². The van der Waals surface area contributed by atoms with Crippen LogP contribution in [0.2, 0.25) is 0 Å². The van der Waals surface area contributed by atoms with E-state index < -0.39 is 0 Å². The lowest BCUT2D eigenvalue weighted by Gasteiger charge is -2.13. The van der Waals surface area contributed by atoms with Crippen molar-refractivity contribution in [1.29, 1.82) is 0 Å². The Balaban J connectivity index is 2.25. The van der Waals surface area contributed by atoms with Gasteiger partial charge in [0.25, 0.3) is 5.56 Å². The molecule has 3 aromatic rings. The molecule has 1 heterocycles. The number of nitrogen functional groups attached to an aromatic ring is 1. The Hall–Kier alpha value is -3.08. The second-order valence-electron chi connectivity index (χ2n) is 5.14. The summed E-state index contributed by atoms with van der Waals surface area (Å²) in [6.45, 7) is 0. The van der Waals surface area contributed by atoms with Crippen LogP contribution in [0.25, 0.3) is 22.4 Å². The number of para-hydroxylation sites is 1. The van der Waals surface area contributed by atoms with Crippen LogP contribution < -0.4 is 16.0 Å². The van der Waals surface area contributed by atoms with E-state index in [1.54, 1.807) is 14.2 Å². The smallest absolute Gasteiger partial charge is 0.255 e. The summed E-state index contributed by atoms with van der Waals surface area (Å²) < 4.78 is 6.76. The van der Waals surface area contributed by atoms with Crippen LogP contribution in [0.15, 0.2) is 59.4 Å². The maximum atomic E-state index is 12.0. The molecule has 0 unspecified atom stereocenters. The molecule has 0 atom stereocenters. The molecule has 23 heavy (non-hydrogen) atoms. The highest BCUT2D eigenvalue weighted by Crippen LogP contribution is 2.36. The standard InChI is InChI=1S/C18H17N3O2/c1-21-17(22)11-15(20-18(21)19)13-8-4-3-7-12(13)14-9-5-6-10-16(14)23-2/h3-11H,1-2H3,(H2,19,20). The van der Waals surface area contributed by atoms with E-state index in [9.17, 15) is 4.79 Å². The van der Waals surface area contributed by atoms with E-state index in [-0.39, 0.29) is 11.5 Å². The minimum atomic E-state index is -0.192. The number of nitrogens with zero attached hydrogens (tertiary/aromatic N) is 2. The van der Waals surface area contributed by atoms with Crippen LogP contribution in [0.3, 0.4) is 0 Å². The van der Waals surface area contributed by atoms with Crippen molar-refractivity contribution in [2.45, 2.75) is 0 Å². The van der Waals surface area contributed by atoms with Gasteiger partial charge in [0.1, 0.15) is 5.75 Å². The SMILES string of the molecule is COc1ccccc1-c1ccccc1-c1cc(=O)n(C)c(N)n1. The monoisotopic (exact) mass is 307 g/mol. The maximum absolute atomic E-state index is 12.0.